The van der Waals surface area contributed by atoms with Crippen LogP contribution >= 0.6 is 0 Å². The third-order valence-corrected chi connectivity index (χ3v) is 4.41. The molecule has 2 heterocycles. The number of hydrogen-bond donors (Lipinski definition) is 1. The summed E-state index contributed by atoms with van der Waals surface area (Å²) in [6, 6.07) is 16.5. The van der Waals surface area contributed by atoms with Crippen molar-refractivity contribution < 1.29 is 4.79 Å². The van der Waals surface area contributed by atoms with Crippen molar-refractivity contribution in [2.24, 2.45) is 11.7 Å². The van der Waals surface area contributed by atoms with Crippen LogP contribution in [-0.2, 0) is 11.2 Å². The average molecular weight is 324 g/mol. The molecule has 0 aliphatic carbocycles. The van der Waals surface area contributed by atoms with Gasteiger partial charge in [-0.15, -0.1) is 0 Å². The number of pyridine rings is 1. The van der Waals surface area contributed by atoms with Crippen LogP contribution in [0.2, 0.25) is 0 Å². The van der Waals surface area contributed by atoms with Crippen molar-refractivity contribution in [2.45, 2.75) is 6.42 Å². The predicted octanol–water partition coefficient (Wildman–Crippen LogP) is 1.55. The largest absolute Gasteiger partial charge is 0.370 e. The van der Waals surface area contributed by atoms with Crippen molar-refractivity contribution in [2.75, 3.05) is 37.6 Å². The fourth-order valence-corrected chi connectivity index (χ4v) is 3.36. The first kappa shape index (κ1) is 16.5. The number of benzene rings is 1. The first-order chi connectivity index (χ1) is 11.7. The Hall–Kier alpha value is -2.40. The van der Waals surface area contributed by atoms with Crippen LogP contribution in [0.1, 0.15) is 5.69 Å². The van der Waals surface area contributed by atoms with Gasteiger partial charge in [0.25, 0.3) is 0 Å². The molecule has 1 aromatic carbocycles. The Morgan fingerprint density at radius 1 is 1.08 bits per heavy atom. The number of aromatic nitrogens is 1. The van der Waals surface area contributed by atoms with E-state index in [1.165, 1.54) is 5.69 Å². The topological polar surface area (TPSA) is 62.5 Å². The second-order valence-corrected chi connectivity index (χ2v) is 6.37. The van der Waals surface area contributed by atoms with Gasteiger partial charge in [-0.25, -0.2) is 0 Å². The molecular formula is C19H24N4O. The summed E-state index contributed by atoms with van der Waals surface area (Å²) in [7, 11) is 0. The van der Waals surface area contributed by atoms with Crippen molar-refractivity contribution in [3.63, 3.8) is 0 Å². The fourth-order valence-electron chi connectivity index (χ4n) is 3.36. The number of hydrogen-bond acceptors (Lipinski definition) is 4. The van der Waals surface area contributed by atoms with Gasteiger partial charge in [0.15, 0.2) is 0 Å². The molecule has 0 bridgehead atoms. The second-order valence-electron chi connectivity index (χ2n) is 6.37. The zero-order valence-corrected chi connectivity index (χ0v) is 13.8. The first-order valence-electron chi connectivity index (χ1n) is 8.41. The van der Waals surface area contributed by atoms with Crippen LogP contribution < -0.4 is 10.6 Å². The average Bonchev–Trinajstić information content (AvgIpc) is 2.78. The molecule has 3 rings (SSSR count). The van der Waals surface area contributed by atoms with E-state index in [1.807, 2.05) is 24.4 Å². The Morgan fingerprint density at radius 3 is 2.58 bits per heavy atom. The molecule has 0 spiro atoms. The van der Waals surface area contributed by atoms with Gasteiger partial charge in [0.1, 0.15) is 0 Å². The Bertz CT molecular complexity index is 647. The first-order valence-corrected chi connectivity index (χ1v) is 8.41. The quantitative estimate of drug-likeness (QED) is 0.906. The van der Waals surface area contributed by atoms with Crippen LogP contribution in [0.5, 0.6) is 0 Å². The van der Waals surface area contributed by atoms with E-state index in [0.717, 1.165) is 38.3 Å². The highest BCUT2D eigenvalue weighted by molar-refractivity contribution is 5.75. The van der Waals surface area contributed by atoms with Crippen LogP contribution in [-0.4, -0.2) is 48.5 Å². The summed E-state index contributed by atoms with van der Waals surface area (Å²) in [6.45, 7) is 3.88. The van der Waals surface area contributed by atoms with E-state index >= 15 is 0 Å². The van der Waals surface area contributed by atoms with E-state index < -0.39 is 0 Å². The monoisotopic (exact) mass is 324 g/mol. The number of para-hydroxylation sites is 1. The van der Waals surface area contributed by atoms with Crippen molar-refractivity contribution in [1.82, 2.24) is 9.88 Å². The van der Waals surface area contributed by atoms with Gasteiger partial charge in [-0.05, 0) is 36.6 Å². The van der Waals surface area contributed by atoms with Crippen LogP contribution in [0, 0.1) is 5.92 Å². The van der Waals surface area contributed by atoms with E-state index in [0.29, 0.717) is 12.5 Å². The maximum Gasteiger partial charge on any atom is 0.231 e. The molecule has 24 heavy (non-hydrogen) atoms. The van der Waals surface area contributed by atoms with Crippen LogP contribution in [0.15, 0.2) is 54.7 Å². The van der Waals surface area contributed by atoms with E-state index in [1.54, 1.807) is 0 Å². The van der Waals surface area contributed by atoms with Crippen LogP contribution in [0.25, 0.3) is 0 Å². The Morgan fingerprint density at radius 2 is 1.88 bits per heavy atom. The van der Waals surface area contributed by atoms with Gasteiger partial charge in [-0.3, -0.25) is 14.7 Å². The maximum atomic E-state index is 11.4. The molecule has 1 saturated heterocycles. The fraction of sp³-hybridized carbons (Fsp3) is 0.368. The number of primary amides is 1. The molecule has 1 amide bonds. The third-order valence-electron chi connectivity index (χ3n) is 4.41. The lowest BCUT2D eigenvalue weighted by Crippen LogP contribution is -2.38. The van der Waals surface area contributed by atoms with E-state index in [2.05, 4.69) is 45.1 Å². The Kier molecular flexibility index (Phi) is 5.43. The summed E-state index contributed by atoms with van der Waals surface area (Å²) in [6.07, 6.45) is 2.74. The van der Waals surface area contributed by atoms with E-state index in [-0.39, 0.29) is 5.91 Å². The molecule has 5 nitrogen and oxygen atoms in total. The smallest absolute Gasteiger partial charge is 0.231 e. The molecule has 1 aliphatic rings. The van der Waals surface area contributed by atoms with Gasteiger partial charge in [0.05, 0.1) is 6.54 Å². The lowest BCUT2D eigenvalue weighted by Gasteiger charge is -2.26. The number of nitrogens with two attached hydrogens (primary N) is 1. The second kappa shape index (κ2) is 7.93. The SMILES string of the molecule is NC(=O)CN1CCN(c2ccccc2)C[C@@H](Cc2ccccn2)C1. The normalized spacial score (nSPS) is 19.0. The molecule has 1 aromatic heterocycles. The Balaban J connectivity index is 1.76. The van der Waals surface area contributed by atoms with Crippen LogP contribution in [0.3, 0.4) is 0 Å². The molecule has 2 aromatic rings. The molecule has 5 heteroatoms. The molecule has 2 N–H and O–H groups in total. The summed E-state index contributed by atoms with van der Waals surface area (Å²) in [5.74, 6) is 0.140. The zero-order valence-electron chi connectivity index (χ0n) is 13.8. The van der Waals surface area contributed by atoms with Gasteiger partial charge in [-0.1, -0.05) is 24.3 Å². The summed E-state index contributed by atoms with van der Waals surface area (Å²) in [5, 5.41) is 0. The highest BCUT2D eigenvalue weighted by atomic mass is 16.1. The lowest BCUT2D eigenvalue weighted by atomic mass is 10.0. The van der Waals surface area contributed by atoms with Gasteiger partial charge in [0, 0.05) is 43.8 Å². The number of amides is 1. The molecule has 0 saturated carbocycles. The van der Waals surface area contributed by atoms with Crippen molar-refractivity contribution >= 4 is 11.6 Å². The van der Waals surface area contributed by atoms with Crippen molar-refractivity contribution in [3.05, 3.63) is 60.4 Å². The molecule has 1 aliphatic heterocycles. The summed E-state index contributed by atoms with van der Waals surface area (Å²) in [5.41, 5.74) is 7.73. The lowest BCUT2D eigenvalue weighted by molar-refractivity contribution is -0.119. The number of carbonyl (C=O) groups is 1. The molecule has 1 fully saturated rings. The highest BCUT2D eigenvalue weighted by Gasteiger charge is 2.24. The molecule has 0 unspecified atom stereocenters. The van der Waals surface area contributed by atoms with Gasteiger partial charge >= 0.3 is 0 Å². The van der Waals surface area contributed by atoms with Gasteiger partial charge < -0.3 is 10.6 Å². The Labute approximate surface area is 143 Å². The molecular weight excluding hydrogens is 300 g/mol. The van der Waals surface area contributed by atoms with Crippen molar-refractivity contribution in [1.29, 1.82) is 0 Å². The van der Waals surface area contributed by atoms with Gasteiger partial charge in [0.2, 0.25) is 5.91 Å². The number of nitrogens with zero attached hydrogens (tertiary/aromatic N) is 3. The predicted molar refractivity (Wildman–Crippen MR) is 95.7 cm³/mol. The minimum absolute atomic E-state index is 0.264. The third kappa shape index (κ3) is 4.55. The zero-order chi connectivity index (χ0) is 16.8. The molecule has 0 radical (unpaired) electrons. The maximum absolute atomic E-state index is 11.4. The summed E-state index contributed by atoms with van der Waals surface area (Å²) < 4.78 is 0. The highest BCUT2D eigenvalue weighted by Crippen LogP contribution is 2.20. The van der Waals surface area contributed by atoms with Gasteiger partial charge in [-0.2, -0.15) is 0 Å². The standard InChI is InChI=1S/C19H24N4O/c20-19(24)15-22-10-11-23(18-7-2-1-3-8-18)14-16(13-22)12-17-6-4-5-9-21-17/h1-9,16H,10-15H2,(H2,20,24)/t16-/m0/s1. The van der Waals surface area contributed by atoms with Crippen molar-refractivity contribution in [3.8, 4) is 0 Å². The molecule has 126 valence electrons. The number of anilines is 1. The number of carbonyl (C=O) groups excluding carboxylic acids is 1. The van der Waals surface area contributed by atoms with E-state index in [9.17, 15) is 4.79 Å². The minimum atomic E-state index is -0.264. The summed E-state index contributed by atoms with van der Waals surface area (Å²) in [4.78, 5) is 20.4. The molecule has 1 atom stereocenters. The summed E-state index contributed by atoms with van der Waals surface area (Å²) >= 11 is 0. The van der Waals surface area contributed by atoms with E-state index in [4.69, 9.17) is 5.73 Å². The number of rotatable bonds is 5. The minimum Gasteiger partial charge on any atom is -0.370 e. The van der Waals surface area contributed by atoms with Crippen LogP contribution in [0.4, 0.5) is 5.69 Å².